The molecule has 85 heavy (non-hydrogen) atoms. The normalized spacial score (nSPS) is 28.4. The maximum Gasteiger partial charge on any atom is 0.350 e. The molecule has 7 rings (SSSR count). The Balaban J connectivity index is 1.41. The number of imide groups is 1. The summed E-state index contributed by atoms with van der Waals surface area (Å²) >= 11 is 0. The summed E-state index contributed by atoms with van der Waals surface area (Å²) < 4.78 is 43.6. The predicted octanol–water partition coefficient (Wildman–Crippen LogP) is 3.56. The van der Waals surface area contributed by atoms with Gasteiger partial charge in [-0.2, -0.15) is 0 Å². The summed E-state index contributed by atoms with van der Waals surface area (Å²) in [7, 11) is 0. The lowest BCUT2D eigenvalue weighted by Crippen LogP contribution is -2.82. The molecular weight excluding hydrogens is 1110 g/mol. The van der Waals surface area contributed by atoms with E-state index in [2.05, 4.69) is 16.0 Å². The van der Waals surface area contributed by atoms with Crippen molar-refractivity contribution in [2.45, 2.75) is 180 Å². The van der Waals surface area contributed by atoms with Gasteiger partial charge in [0.05, 0.1) is 29.9 Å². The second kappa shape index (κ2) is 25.7. The average molecular weight is 1190 g/mol. The first-order valence-corrected chi connectivity index (χ1v) is 28.1. The van der Waals surface area contributed by atoms with Crippen molar-refractivity contribution in [3.8, 4) is 0 Å². The van der Waals surface area contributed by atoms with E-state index >= 15 is 9.59 Å². The molecule has 0 spiro atoms. The number of amides is 5. The molecule has 2 heterocycles. The van der Waals surface area contributed by atoms with Crippen LogP contribution in [0, 0.1) is 28.6 Å². The van der Waals surface area contributed by atoms with Crippen LogP contribution >= 0.6 is 0 Å². The van der Waals surface area contributed by atoms with E-state index in [-0.39, 0.29) is 53.4 Å². The molecule has 0 radical (unpaired) electrons. The van der Waals surface area contributed by atoms with Crippen LogP contribution in [0.15, 0.2) is 71.8 Å². The molecule has 5 aliphatic rings. The van der Waals surface area contributed by atoms with E-state index in [9.17, 15) is 58.2 Å². The van der Waals surface area contributed by atoms with Crippen LogP contribution in [0.2, 0.25) is 0 Å². The average Bonchev–Trinajstić information content (AvgIpc) is 0.882. The van der Waals surface area contributed by atoms with Gasteiger partial charge in [0.25, 0.3) is 5.91 Å². The highest BCUT2D eigenvalue weighted by molar-refractivity contribution is 6.06. The van der Waals surface area contributed by atoms with Gasteiger partial charge in [0.1, 0.15) is 48.1 Å². The fraction of sp³-hybridized carbons (Fsp3) is 0.567. The van der Waals surface area contributed by atoms with Gasteiger partial charge in [-0.3, -0.25) is 48.5 Å². The summed E-state index contributed by atoms with van der Waals surface area (Å²) in [5.41, 5.74) is -8.67. The van der Waals surface area contributed by atoms with Crippen molar-refractivity contribution in [2.75, 3.05) is 6.61 Å². The number of carboxylic acids is 1. The number of esters is 6. The van der Waals surface area contributed by atoms with E-state index < -0.39 is 186 Å². The smallest absolute Gasteiger partial charge is 0.350 e. The van der Waals surface area contributed by atoms with Crippen molar-refractivity contribution < 1.29 is 101 Å². The molecule has 0 aromatic heterocycles. The van der Waals surface area contributed by atoms with Gasteiger partial charge in [-0.1, -0.05) is 90.1 Å². The highest BCUT2D eigenvalue weighted by Crippen LogP contribution is 2.65. The number of ketones is 1. The standard InChI is InChI=1S/C60H74N4O21/c1-29(2)23-43(70)82-39-26-40-59(28-79-40,85-33(7)66)49-51(84-54(75)35-19-15-12-16-20-35)60(78)27-38(31(5)45(57(60,8)9)47(80-32(6)65)50(72)58(39,49)10)81-55(76)48(83-44(71)24-30(3)4)46(34-17-13-11-14-18-34)63-52(73)36(21-22-42(68)69)61-41(67)25-37-53(74)64-56(77)62-37/h11-20,29-30,36-40,46-49,51,78H,21-28H2,1-10H3,(H,61,67)(H,63,73)(H,68,69)(H2,62,64,74,77)/t36-,37?,38+,39+,40-,46+,47-,48-,49+,51+,58-,59+,60-/m1/s1. The minimum absolute atomic E-state index is 0.0117. The zero-order valence-corrected chi connectivity index (χ0v) is 49.0. The van der Waals surface area contributed by atoms with E-state index in [1.54, 1.807) is 52.0 Å². The van der Waals surface area contributed by atoms with Crippen LogP contribution < -0.4 is 21.3 Å². The van der Waals surface area contributed by atoms with Crippen LogP contribution in [0.1, 0.15) is 136 Å². The fourth-order valence-electron chi connectivity index (χ4n) is 12.5. The lowest BCUT2D eigenvalue weighted by atomic mass is 9.44. The molecule has 1 unspecified atom stereocenters. The van der Waals surface area contributed by atoms with Crippen molar-refractivity contribution in [1.29, 1.82) is 0 Å². The number of benzene rings is 2. The van der Waals surface area contributed by atoms with E-state index in [0.29, 0.717) is 0 Å². The predicted molar refractivity (Wildman–Crippen MR) is 292 cm³/mol. The van der Waals surface area contributed by atoms with Crippen LogP contribution in [0.3, 0.4) is 0 Å². The van der Waals surface area contributed by atoms with Gasteiger partial charge in [-0.15, -0.1) is 0 Å². The SMILES string of the molecule is CC(=O)O[C@H]1C(=O)[C@]2(C)[C@@H](OC(=O)CC(C)C)C[C@H]3OC[C@@]3(OC(C)=O)[C@H]2[C@H](OC(=O)c2ccccc2)[C@]2(O)C[C@H](OC(=O)[C@H](OC(=O)CC(C)C)[C@@H](NC(=O)[C@@H](CCC(=O)O)NC(=O)CC3NC(=O)NC3=O)c3ccccc3)C(C)=C1C2(C)C. The fourth-order valence-corrected chi connectivity index (χ4v) is 12.5. The number of urea groups is 1. The van der Waals surface area contributed by atoms with Gasteiger partial charge in [0.15, 0.2) is 17.5 Å². The number of carbonyl (C=O) groups excluding carboxylic acids is 11. The van der Waals surface area contributed by atoms with Crippen LogP contribution in [0.25, 0.3) is 0 Å². The number of hydrogen-bond donors (Lipinski definition) is 6. The summed E-state index contributed by atoms with van der Waals surface area (Å²) in [6.07, 6.45) is -13.9. The number of ether oxygens (including phenoxy) is 7. The van der Waals surface area contributed by atoms with E-state index in [0.717, 1.165) is 13.8 Å². The van der Waals surface area contributed by atoms with Crippen molar-refractivity contribution in [3.05, 3.63) is 82.9 Å². The minimum atomic E-state index is -2.62. The number of fused-ring (bicyclic) bond motifs is 5. The first-order valence-electron chi connectivity index (χ1n) is 28.1. The third-order valence-electron chi connectivity index (χ3n) is 16.6. The number of aliphatic carboxylic acids is 1. The molecule has 2 saturated heterocycles. The Kier molecular flexibility index (Phi) is 19.5. The molecule has 25 nitrogen and oxygen atoms in total. The number of Topliss-reactive ketones (excluding diaryl/α,β-unsaturated/α-hetero) is 1. The first-order chi connectivity index (χ1) is 39.8. The molecule has 3 aliphatic carbocycles. The lowest BCUT2D eigenvalue weighted by Gasteiger charge is -2.67. The molecule has 2 aliphatic heterocycles. The minimum Gasteiger partial charge on any atom is -0.481 e. The van der Waals surface area contributed by atoms with Crippen molar-refractivity contribution >= 4 is 71.3 Å². The number of hydrogen-bond acceptors (Lipinski definition) is 20. The molecule has 6 N–H and O–H groups in total. The van der Waals surface area contributed by atoms with Gasteiger partial charge >= 0.3 is 47.8 Å². The molecule has 25 heteroatoms. The van der Waals surface area contributed by atoms with Gasteiger partial charge in [0, 0.05) is 51.4 Å². The van der Waals surface area contributed by atoms with Crippen LogP contribution in [-0.4, -0.2) is 148 Å². The summed E-state index contributed by atoms with van der Waals surface area (Å²) in [5, 5.41) is 33.2. The molecule has 4 fully saturated rings. The summed E-state index contributed by atoms with van der Waals surface area (Å²) in [6, 6.07) is 9.52. The Morgan fingerprint density at radius 3 is 1.98 bits per heavy atom. The van der Waals surface area contributed by atoms with Crippen molar-refractivity contribution in [3.63, 3.8) is 0 Å². The lowest BCUT2D eigenvalue weighted by molar-refractivity contribution is -0.346. The monoisotopic (exact) mass is 1190 g/mol. The Morgan fingerprint density at radius 1 is 0.800 bits per heavy atom. The van der Waals surface area contributed by atoms with Crippen LogP contribution in [-0.2, 0) is 81.1 Å². The second-order valence-electron chi connectivity index (χ2n) is 23.9. The highest BCUT2D eigenvalue weighted by atomic mass is 16.6. The zero-order chi connectivity index (χ0) is 62.7. The summed E-state index contributed by atoms with van der Waals surface area (Å²) in [6.45, 7) is 14.4. The molecule has 13 atom stereocenters. The number of aliphatic hydroxyl groups is 1. The molecule has 460 valence electrons. The summed E-state index contributed by atoms with van der Waals surface area (Å²) in [4.78, 5) is 165. The maximum atomic E-state index is 16.4. The third-order valence-corrected chi connectivity index (χ3v) is 16.6. The Morgan fingerprint density at radius 2 is 1.42 bits per heavy atom. The van der Waals surface area contributed by atoms with E-state index in [4.69, 9.17) is 33.2 Å². The molecule has 2 bridgehead atoms. The highest BCUT2D eigenvalue weighted by Gasteiger charge is 2.79. The largest absolute Gasteiger partial charge is 0.481 e. The molecule has 2 aromatic rings. The topological polar surface area (TPSA) is 358 Å². The van der Waals surface area contributed by atoms with Gasteiger partial charge in [0.2, 0.25) is 17.9 Å². The number of rotatable bonds is 22. The van der Waals surface area contributed by atoms with Crippen molar-refractivity contribution in [2.24, 2.45) is 28.6 Å². The van der Waals surface area contributed by atoms with Crippen LogP contribution in [0.5, 0.6) is 0 Å². The number of nitrogens with one attached hydrogen (secondary N) is 4. The molecule has 5 amide bonds. The Bertz CT molecular complexity index is 3020. The number of carboxylic acid groups (broad SMARTS) is 1. The molecular formula is C60H74N4O21. The third kappa shape index (κ3) is 13.4. The van der Waals surface area contributed by atoms with Crippen molar-refractivity contribution in [1.82, 2.24) is 21.3 Å². The quantitative estimate of drug-likeness (QED) is 0.0425. The van der Waals surface area contributed by atoms with Gasteiger partial charge in [-0.25, -0.2) is 14.4 Å². The van der Waals surface area contributed by atoms with Crippen LogP contribution in [0.4, 0.5) is 4.79 Å². The molecule has 2 aromatic carbocycles. The van der Waals surface area contributed by atoms with Gasteiger partial charge in [-0.05, 0) is 60.9 Å². The van der Waals surface area contributed by atoms with E-state index in [1.165, 1.54) is 64.1 Å². The van der Waals surface area contributed by atoms with E-state index in [1.807, 2.05) is 5.32 Å². The maximum absolute atomic E-state index is 16.4. The Hall–Kier alpha value is -8.06. The number of carbonyl (C=O) groups is 12. The second-order valence-corrected chi connectivity index (χ2v) is 23.9. The zero-order valence-electron chi connectivity index (χ0n) is 49.0. The van der Waals surface area contributed by atoms with Gasteiger partial charge < -0.3 is 59.3 Å². The summed E-state index contributed by atoms with van der Waals surface area (Å²) in [5.74, 6) is -13.5. The molecule has 2 saturated carbocycles. The Labute approximate surface area is 490 Å². The first kappa shape index (κ1) is 64.5.